The molecule has 1 aliphatic heterocycles. The van der Waals surface area contributed by atoms with Gasteiger partial charge in [0, 0.05) is 6.54 Å². The topological polar surface area (TPSA) is 95.9 Å². The lowest BCUT2D eigenvalue weighted by Crippen LogP contribution is -2.56. The number of ether oxygens (including phenoxy) is 1. The van der Waals surface area contributed by atoms with Crippen molar-refractivity contribution in [1.82, 2.24) is 10.2 Å². The highest BCUT2D eigenvalue weighted by Gasteiger charge is 2.54. The average Bonchev–Trinajstić information content (AvgIpc) is 3.16. The van der Waals surface area contributed by atoms with Crippen LogP contribution < -0.4 is 5.32 Å². The number of amides is 1. The molecule has 2 N–H and O–H groups in total. The Labute approximate surface area is 205 Å². The number of carbonyl (C=O) groups is 3. The number of carbonyl (C=O) groups excluding carboxylic acids is 2. The van der Waals surface area contributed by atoms with E-state index in [9.17, 15) is 19.5 Å². The molecule has 0 aliphatic carbocycles. The Morgan fingerprint density at radius 1 is 1.18 bits per heavy atom. The Balaban J connectivity index is 2.15. The number of hydrogen-bond acceptors (Lipinski definition) is 7. The number of carboxylic acids is 1. The van der Waals surface area contributed by atoms with E-state index in [1.165, 1.54) is 4.90 Å². The molecule has 3 atom stereocenters. The van der Waals surface area contributed by atoms with E-state index in [4.69, 9.17) is 4.74 Å². The highest BCUT2D eigenvalue weighted by Crippen LogP contribution is 2.49. The number of aryl methyl sites for hydroxylation is 1. The fourth-order valence-electron chi connectivity index (χ4n) is 4.26. The zero-order valence-electron chi connectivity index (χ0n) is 19.9. The Morgan fingerprint density at radius 2 is 1.82 bits per heavy atom. The lowest BCUT2D eigenvalue weighted by Gasteiger charge is -2.35. The zero-order chi connectivity index (χ0) is 24.4. The van der Waals surface area contributed by atoms with Gasteiger partial charge in [-0.1, -0.05) is 44.2 Å². The van der Waals surface area contributed by atoms with Crippen LogP contribution in [0.4, 0.5) is 0 Å². The van der Waals surface area contributed by atoms with Gasteiger partial charge in [-0.2, -0.15) is 0 Å². The Morgan fingerprint density at radius 3 is 2.36 bits per heavy atom. The van der Waals surface area contributed by atoms with Crippen LogP contribution in [0, 0.1) is 0 Å². The number of nitrogens with one attached hydrogen (secondary N) is 1. The van der Waals surface area contributed by atoms with Crippen molar-refractivity contribution >= 4 is 41.4 Å². The third kappa shape index (κ3) is 7.13. The van der Waals surface area contributed by atoms with Crippen molar-refractivity contribution in [1.29, 1.82) is 0 Å². The van der Waals surface area contributed by atoms with E-state index in [1.54, 1.807) is 37.4 Å². The SMILES string of the molecule is CCOC(=O)C(CCc1ccccc1)N[C@@H](C)C(=O)N1CCC(SCC)(SCC)[C@@H]1C(=O)O. The van der Waals surface area contributed by atoms with Crippen LogP contribution >= 0.6 is 23.5 Å². The highest BCUT2D eigenvalue weighted by atomic mass is 32.2. The second kappa shape index (κ2) is 13.2. The molecule has 0 radical (unpaired) electrons. The van der Waals surface area contributed by atoms with Gasteiger partial charge in [-0.05, 0) is 50.2 Å². The Kier molecular flexibility index (Phi) is 11.1. The van der Waals surface area contributed by atoms with Gasteiger partial charge in [0.15, 0.2) is 6.04 Å². The van der Waals surface area contributed by atoms with Crippen LogP contribution in [-0.4, -0.2) is 74.7 Å². The number of carboxylic acid groups (broad SMARTS) is 1. The fraction of sp³-hybridized carbons (Fsp3) is 0.625. The molecule has 1 aromatic rings. The number of likely N-dealkylation sites (tertiary alicyclic amines) is 1. The molecule has 1 aliphatic rings. The number of benzene rings is 1. The van der Waals surface area contributed by atoms with Crippen LogP contribution in [0.15, 0.2) is 30.3 Å². The third-order valence-electron chi connectivity index (χ3n) is 5.68. The van der Waals surface area contributed by atoms with E-state index in [-0.39, 0.29) is 12.5 Å². The van der Waals surface area contributed by atoms with Crippen molar-refractivity contribution in [3.63, 3.8) is 0 Å². The van der Waals surface area contributed by atoms with Crippen molar-refractivity contribution in [3.8, 4) is 0 Å². The molecule has 2 rings (SSSR count). The van der Waals surface area contributed by atoms with Crippen LogP contribution in [0.3, 0.4) is 0 Å². The predicted molar refractivity (Wildman–Crippen MR) is 135 cm³/mol. The summed E-state index contributed by atoms with van der Waals surface area (Å²) in [4.78, 5) is 39.7. The van der Waals surface area contributed by atoms with Gasteiger partial charge in [0.2, 0.25) is 5.91 Å². The lowest BCUT2D eigenvalue weighted by atomic mass is 10.0. The summed E-state index contributed by atoms with van der Waals surface area (Å²) in [7, 11) is 0. The molecule has 33 heavy (non-hydrogen) atoms. The molecule has 0 saturated carbocycles. The van der Waals surface area contributed by atoms with Crippen molar-refractivity contribution in [2.45, 2.75) is 69.2 Å². The fourth-order valence-corrected chi connectivity index (χ4v) is 7.52. The highest BCUT2D eigenvalue weighted by molar-refractivity contribution is 8.18. The minimum atomic E-state index is -0.985. The summed E-state index contributed by atoms with van der Waals surface area (Å²) >= 11 is 3.21. The Bertz CT molecular complexity index is 786. The summed E-state index contributed by atoms with van der Waals surface area (Å²) in [5, 5.41) is 13.2. The Hall–Kier alpha value is -1.71. The van der Waals surface area contributed by atoms with Gasteiger partial charge >= 0.3 is 11.9 Å². The lowest BCUT2D eigenvalue weighted by molar-refractivity contribution is -0.150. The molecule has 1 amide bonds. The summed E-state index contributed by atoms with van der Waals surface area (Å²) in [5.74, 6) is -0.136. The number of nitrogens with zero attached hydrogens (tertiary/aromatic N) is 1. The molecule has 0 aromatic heterocycles. The van der Waals surface area contributed by atoms with E-state index in [2.05, 4.69) is 5.32 Å². The molecule has 184 valence electrons. The van der Waals surface area contributed by atoms with E-state index >= 15 is 0 Å². The first-order valence-electron chi connectivity index (χ1n) is 11.6. The van der Waals surface area contributed by atoms with Gasteiger partial charge in [0.1, 0.15) is 6.04 Å². The van der Waals surface area contributed by atoms with Crippen molar-refractivity contribution < 1.29 is 24.2 Å². The minimum absolute atomic E-state index is 0.253. The number of rotatable bonds is 13. The normalized spacial score (nSPS) is 19.2. The molecule has 1 heterocycles. The number of aliphatic carboxylic acids is 1. The molecular formula is C24H36N2O5S2. The average molecular weight is 497 g/mol. The predicted octanol–water partition coefficient (Wildman–Crippen LogP) is 3.42. The molecule has 9 heteroatoms. The first-order chi connectivity index (χ1) is 15.8. The quantitative estimate of drug-likeness (QED) is 0.317. The number of thioether (sulfide) groups is 2. The van der Waals surface area contributed by atoms with Crippen LogP contribution in [0.5, 0.6) is 0 Å². The summed E-state index contributed by atoms with van der Waals surface area (Å²) in [6, 6.07) is 7.54. The van der Waals surface area contributed by atoms with Gasteiger partial charge < -0.3 is 14.7 Å². The van der Waals surface area contributed by atoms with Gasteiger partial charge in [-0.3, -0.25) is 14.9 Å². The summed E-state index contributed by atoms with van der Waals surface area (Å²) < 4.78 is 4.67. The third-order valence-corrected chi connectivity index (χ3v) is 8.80. The summed E-state index contributed by atoms with van der Waals surface area (Å²) in [6.45, 7) is 8.09. The second-order valence-corrected chi connectivity index (χ2v) is 11.4. The van der Waals surface area contributed by atoms with Gasteiger partial charge in [0.25, 0.3) is 0 Å². The van der Waals surface area contributed by atoms with Crippen molar-refractivity contribution in [3.05, 3.63) is 35.9 Å². The number of esters is 1. The molecule has 1 unspecified atom stereocenters. The van der Waals surface area contributed by atoms with E-state index < -0.39 is 34.1 Å². The van der Waals surface area contributed by atoms with Crippen molar-refractivity contribution in [2.75, 3.05) is 24.7 Å². The maximum Gasteiger partial charge on any atom is 0.328 e. The molecule has 0 bridgehead atoms. The smallest absolute Gasteiger partial charge is 0.328 e. The molecular weight excluding hydrogens is 460 g/mol. The first-order valence-corrected chi connectivity index (χ1v) is 13.5. The monoisotopic (exact) mass is 496 g/mol. The van der Waals surface area contributed by atoms with Crippen LogP contribution in [0.1, 0.15) is 46.1 Å². The van der Waals surface area contributed by atoms with Crippen LogP contribution in [0.2, 0.25) is 0 Å². The first kappa shape index (κ1) is 27.5. The van der Waals surface area contributed by atoms with E-state index in [1.807, 2.05) is 44.2 Å². The zero-order valence-corrected chi connectivity index (χ0v) is 21.5. The maximum absolute atomic E-state index is 13.4. The molecule has 7 nitrogen and oxygen atoms in total. The second-order valence-electron chi connectivity index (χ2n) is 7.92. The summed E-state index contributed by atoms with van der Waals surface area (Å²) in [6.07, 6.45) is 1.75. The molecule has 1 fully saturated rings. The van der Waals surface area contributed by atoms with E-state index in [0.29, 0.717) is 25.8 Å². The molecule has 1 aromatic carbocycles. The van der Waals surface area contributed by atoms with Gasteiger partial charge in [-0.25, -0.2) is 4.79 Å². The van der Waals surface area contributed by atoms with Crippen molar-refractivity contribution in [2.24, 2.45) is 0 Å². The minimum Gasteiger partial charge on any atom is -0.480 e. The van der Waals surface area contributed by atoms with Gasteiger partial charge in [-0.15, -0.1) is 23.5 Å². The standard InChI is InChI=1S/C24H36N2O5S2/c1-5-31-23(30)19(14-13-18-11-9-8-10-12-18)25-17(4)21(27)26-16-15-24(32-6-2,33-7-3)20(26)22(28)29/h8-12,17,19-20,25H,5-7,13-16H2,1-4H3,(H,28,29)/t17-,19?,20-/m0/s1. The van der Waals surface area contributed by atoms with Crippen LogP contribution in [0.25, 0.3) is 0 Å². The maximum atomic E-state index is 13.4. The van der Waals surface area contributed by atoms with E-state index in [0.717, 1.165) is 17.1 Å². The van der Waals surface area contributed by atoms with Gasteiger partial charge in [0.05, 0.1) is 16.7 Å². The largest absolute Gasteiger partial charge is 0.480 e. The molecule has 1 saturated heterocycles. The number of hydrogen-bond donors (Lipinski definition) is 2. The summed E-state index contributed by atoms with van der Waals surface area (Å²) in [5.41, 5.74) is 1.09. The molecule has 0 spiro atoms. The van der Waals surface area contributed by atoms with Crippen LogP contribution in [-0.2, 0) is 25.5 Å².